The smallest absolute Gasteiger partial charge is 0.0273 e. The van der Waals surface area contributed by atoms with Crippen LogP contribution in [-0.4, -0.2) is 0 Å². The standard InChI is InChI=1S/C11H10S2/c1-9-2-4-11(13-9)5-3-10-6-7-12-8-10/h2-8H,1H3/b5-3+. The fourth-order valence-corrected chi connectivity index (χ4v) is 2.50. The Balaban J connectivity index is 2.14. The molecule has 2 heteroatoms. The van der Waals surface area contributed by atoms with Gasteiger partial charge in [-0.25, -0.2) is 0 Å². The predicted molar refractivity (Wildman–Crippen MR) is 62.3 cm³/mol. The molecule has 0 N–H and O–H groups in total. The molecular weight excluding hydrogens is 196 g/mol. The molecule has 0 bridgehead atoms. The van der Waals surface area contributed by atoms with Crippen molar-refractivity contribution < 1.29 is 0 Å². The molecule has 2 heterocycles. The molecule has 13 heavy (non-hydrogen) atoms. The molecule has 0 nitrogen and oxygen atoms in total. The van der Waals surface area contributed by atoms with Crippen molar-refractivity contribution >= 4 is 34.8 Å². The van der Waals surface area contributed by atoms with Gasteiger partial charge in [0.2, 0.25) is 0 Å². The topological polar surface area (TPSA) is 0 Å². The highest BCUT2D eigenvalue weighted by Gasteiger charge is 1.91. The highest BCUT2D eigenvalue weighted by molar-refractivity contribution is 7.12. The summed E-state index contributed by atoms with van der Waals surface area (Å²) in [5, 5.41) is 4.25. The molecule has 2 aromatic rings. The number of thiophene rings is 2. The Hall–Kier alpha value is -0.860. The van der Waals surface area contributed by atoms with E-state index in [1.165, 1.54) is 15.3 Å². The van der Waals surface area contributed by atoms with Crippen molar-refractivity contribution in [1.29, 1.82) is 0 Å². The van der Waals surface area contributed by atoms with Crippen LogP contribution in [0.15, 0.2) is 29.0 Å². The number of aryl methyl sites for hydroxylation is 1. The molecular formula is C11H10S2. The normalized spacial score (nSPS) is 11.2. The van der Waals surface area contributed by atoms with E-state index in [-0.39, 0.29) is 0 Å². The molecule has 2 aromatic heterocycles. The Morgan fingerprint density at radius 2 is 2.08 bits per heavy atom. The van der Waals surface area contributed by atoms with Crippen molar-refractivity contribution in [3.63, 3.8) is 0 Å². The first kappa shape index (κ1) is 8.73. The third kappa shape index (κ3) is 2.29. The van der Waals surface area contributed by atoms with Gasteiger partial charge in [0.25, 0.3) is 0 Å². The van der Waals surface area contributed by atoms with E-state index in [4.69, 9.17) is 0 Å². The van der Waals surface area contributed by atoms with Crippen molar-refractivity contribution in [3.05, 3.63) is 44.3 Å². The van der Waals surface area contributed by atoms with Crippen LogP contribution in [0.3, 0.4) is 0 Å². The second-order valence-electron chi connectivity index (χ2n) is 2.84. The largest absolute Gasteiger partial charge is 0.152 e. The minimum absolute atomic E-state index is 1.29. The fourth-order valence-electron chi connectivity index (χ4n) is 1.09. The van der Waals surface area contributed by atoms with E-state index in [9.17, 15) is 0 Å². The molecule has 0 saturated heterocycles. The van der Waals surface area contributed by atoms with Gasteiger partial charge in [0, 0.05) is 9.75 Å². The summed E-state index contributed by atoms with van der Waals surface area (Å²) in [5.41, 5.74) is 1.29. The predicted octanol–water partition coefficient (Wildman–Crippen LogP) is 4.29. The molecule has 0 aliphatic carbocycles. The van der Waals surface area contributed by atoms with Crippen molar-refractivity contribution in [2.45, 2.75) is 6.92 Å². The SMILES string of the molecule is Cc1ccc(/C=C/c2ccsc2)s1. The van der Waals surface area contributed by atoms with E-state index in [2.05, 4.69) is 48.0 Å². The lowest BCUT2D eigenvalue weighted by atomic mass is 10.3. The van der Waals surface area contributed by atoms with Gasteiger partial charge in [0.1, 0.15) is 0 Å². The maximum Gasteiger partial charge on any atom is 0.0273 e. The van der Waals surface area contributed by atoms with E-state index in [1.807, 2.05) is 11.3 Å². The van der Waals surface area contributed by atoms with Gasteiger partial charge in [-0.2, -0.15) is 11.3 Å². The average molecular weight is 206 g/mol. The molecule has 2 rings (SSSR count). The molecule has 0 amide bonds. The zero-order valence-corrected chi connectivity index (χ0v) is 8.99. The first-order valence-corrected chi connectivity index (χ1v) is 5.87. The molecule has 0 aromatic carbocycles. The first-order valence-electron chi connectivity index (χ1n) is 4.11. The minimum Gasteiger partial charge on any atom is -0.152 e. The van der Waals surface area contributed by atoms with Gasteiger partial charge in [0.05, 0.1) is 0 Å². The summed E-state index contributed by atoms with van der Waals surface area (Å²) in [4.78, 5) is 2.69. The molecule has 66 valence electrons. The summed E-state index contributed by atoms with van der Waals surface area (Å²) in [7, 11) is 0. The molecule has 0 spiro atoms. The van der Waals surface area contributed by atoms with Gasteiger partial charge in [-0.3, -0.25) is 0 Å². The van der Waals surface area contributed by atoms with Gasteiger partial charge in [-0.15, -0.1) is 11.3 Å². The van der Waals surface area contributed by atoms with Crippen LogP contribution in [0.25, 0.3) is 12.2 Å². The summed E-state index contributed by atoms with van der Waals surface area (Å²) >= 11 is 3.56. The van der Waals surface area contributed by atoms with Gasteiger partial charge < -0.3 is 0 Å². The van der Waals surface area contributed by atoms with Gasteiger partial charge in [-0.05, 0) is 47.5 Å². The zero-order valence-electron chi connectivity index (χ0n) is 7.36. The van der Waals surface area contributed by atoms with Crippen molar-refractivity contribution in [2.24, 2.45) is 0 Å². The van der Waals surface area contributed by atoms with Crippen LogP contribution in [-0.2, 0) is 0 Å². The van der Waals surface area contributed by atoms with Crippen LogP contribution in [0.2, 0.25) is 0 Å². The maximum atomic E-state index is 2.17. The summed E-state index contributed by atoms with van der Waals surface area (Å²) in [6, 6.07) is 6.43. The molecule has 0 unspecified atom stereocenters. The van der Waals surface area contributed by atoms with Crippen LogP contribution in [0.1, 0.15) is 15.3 Å². The van der Waals surface area contributed by atoms with E-state index in [0.717, 1.165) is 0 Å². The third-order valence-corrected chi connectivity index (χ3v) is 3.41. The Morgan fingerprint density at radius 3 is 2.69 bits per heavy atom. The molecule has 0 aliphatic heterocycles. The molecule has 0 fully saturated rings. The van der Waals surface area contributed by atoms with Crippen LogP contribution >= 0.6 is 22.7 Å². The van der Waals surface area contributed by atoms with E-state index in [1.54, 1.807) is 11.3 Å². The zero-order chi connectivity index (χ0) is 9.10. The monoisotopic (exact) mass is 206 g/mol. The second-order valence-corrected chi connectivity index (χ2v) is 4.94. The van der Waals surface area contributed by atoms with Gasteiger partial charge >= 0.3 is 0 Å². The highest BCUT2D eigenvalue weighted by Crippen LogP contribution is 2.18. The van der Waals surface area contributed by atoms with Gasteiger partial charge in [-0.1, -0.05) is 6.08 Å². The lowest BCUT2D eigenvalue weighted by Crippen LogP contribution is -1.59. The molecule has 0 radical (unpaired) electrons. The van der Waals surface area contributed by atoms with Crippen molar-refractivity contribution in [1.82, 2.24) is 0 Å². The quantitative estimate of drug-likeness (QED) is 0.687. The van der Waals surface area contributed by atoms with E-state index in [0.29, 0.717) is 0 Å². The number of rotatable bonds is 2. The van der Waals surface area contributed by atoms with Crippen LogP contribution in [0.5, 0.6) is 0 Å². The summed E-state index contributed by atoms with van der Waals surface area (Å²) in [5.74, 6) is 0. The third-order valence-electron chi connectivity index (χ3n) is 1.74. The maximum absolute atomic E-state index is 2.17. The lowest BCUT2D eigenvalue weighted by Gasteiger charge is -1.83. The summed E-state index contributed by atoms with van der Waals surface area (Å²) in [6.07, 6.45) is 4.32. The highest BCUT2D eigenvalue weighted by atomic mass is 32.1. The Bertz CT molecular complexity index is 393. The fraction of sp³-hybridized carbons (Fsp3) is 0.0909. The first-order chi connectivity index (χ1) is 6.34. The summed E-state index contributed by atoms with van der Waals surface area (Å²) < 4.78 is 0. The van der Waals surface area contributed by atoms with Crippen molar-refractivity contribution in [2.75, 3.05) is 0 Å². The van der Waals surface area contributed by atoms with Crippen LogP contribution in [0.4, 0.5) is 0 Å². The van der Waals surface area contributed by atoms with E-state index < -0.39 is 0 Å². The molecule has 0 aliphatic rings. The average Bonchev–Trinajstić information content (AvgIpc) is 2.71. The molecule has 0 saturated carbocycles. The van der Waals surface area contributed by atoms with Crippen molar-refractivity contribution in [3.8, 4) is 0 Å². The summed E-state index contributed by atoms with van der Waals surface area (Å²) in [6.45, 7) is 2.13. The Morgan fingerprint density at radius 1 is 1.15 bits per heavy atom. The van der Waals surface area contributed by atoms with Crippen LogP contribution < -0.4 is 0 Å². The Kier molecular flexibility index (Phi) is 2.62. The van der Waals surface area contributed by atoms with Gasteiger partial charge in [0.15, 0.2) is 0 Å². The Labute approximate surface area is 86.2 Å². The lowest BCUT2D eigenvalue weighted by molar-refractivity contribution is 1.64. The number of hydrogen-bond donors (Lipinski definition) is 0. The van der Waals surface area contributed by atoms with E-state index >= 15 is 0 Å². The number of hydrogen-bond acceptors (Lipinski definition) is 2. The molecule has 0 atom stereocenters. The second kappa shape index (κ2) is 3.90. The minimum atomic E-state index is 1.29. The van der Waals surface area contributed by atoms with Crippen LogP contribution in [0, 0.1) is 6.92 Å².